The van der Waals surface area contributed by atoms with Gasteiger partial charge in [-0.25, -0.2) is 4.79 Å². The van der Waals surface area contributed by atoms with E-state index in [0.717, 1.165) is 22.6 Å². The molecule has 0 bridgehead atoms. The first-order valence-electron chi connectivity index (χ1n) is 8.81. The molecule has 1 atom stereocenters. The summed E-state index contributed by atoms with van der Waals surface area (Å²) in [4.78, 5) is 37.6. The van der Waals surface area contributed by atoms with Gasteiger partial charge >= 0.3 is 12.1 Å². The number of nitrogens with one attached hydrogen (secondary N) is 1. The maximum atomic E-state index is 12.9. The molecular weight excluding hydrogens is 397 g/mol. The second-order valence-electron chi connectivity index (χ2n) is 6.96. The maximum absolute atomic E-state index is 12.9. The van der Waals surface area contributed by atoms with Crippen molar-refractivity contribution in [3.8, 4) is 0 Å². The largest absolute Gasteiger partial charge is 0.452 e. The van der Waals surface area contributed by atoms with Crippen molar-refractivity contribution in [2.75, 3.05) is 18.5 Å². The van der Waals surface area contributed by atoms with Crippen molar-refractivity contribution in [2.24, 2.45) is 5.92 Å². The van der Waals surface area contributed by atoms with E-state index in [1.807, 2.05) is 0 Å². The summed E-state index contributed by atoms with van der Waals surface area (Å²) < 4.78 is 43.6. The Morgan fingerprint density at radius 1 is 1.29 bits per heavy atom. The van der Waals surface area contributed by atoms with Crippen LogP contribution in [0.25, 0.3) is 0 Å². The van der Waals surface area contributed by atoms with Gasteiger partial charge in [0.25, 0.3) is 5.91 Å². The normalized spacial score (nSPS) is 15.1. The fraction of sp³-hybridized carbons (Fsp3) is 0.611. The van der Waals surface area contributed by atoms with Crippen LogP contribution in [0.2, 0.25) is 0 Å². The fourth-order valence-electron chi connectivity index (χ4n) is 2.89. The van der Waals surface area contributed by atoms with E-state index in [1.54, 1.807) is 20.8 Å². The zero-order valence-corrected chi connectivity index (χ0v) is 16.9. The Hall–Kier alpha value is -2.10. The van der Waals surface area contributed by atoms with Crippen molar-refractivity contribution in [3.63, 3.8) is 0 Å². The van der Waals surface area contributed by atoms with E-state index in [0.29, 0.717) is 10.6 Å². The van der Waals surface area contributed by atoms with Crippen LogP contribution in [-0.2, 0) is 14.3 Å². The van der Waals surface area contributed by atoms with E-state index >= 15 is 0 Å². The summed E-state index contributed by atoms with van der Waals surface area (Å²) in [7, 11) is 0. The van der Waals surface area contributed by atoms with Gasteiger partial charge in [-0.3, -0.25) is 9.59 Å². The first kappa shape index (κ1) is 22.2. The zero-order valence-electron chi connectivity index (χ0n) is 16.1. The third-order valence-electron chi connectivity index (χ3n) is 4.67. The highest BCUT2D eigenvalue weighted by atomic mass is 32.1. The van der Waals surface area contributed by atoms with Crippen molar-refractivity contribution in [3.05, 3.63) is 16.0 Å². The van der Waals surface area contributed by atoms with Crippen LogP contribution in [0.3, 0.4) is 0 Å². The van der Waals surface area contributed by atoms with E-state index in [4.69, 9.17) is 4.74 Å². The lowest BCUT2D eigenvalue weighted by atomic mass is 10.1. The molecule has 2 rings (SSSR count). The molecule has 156 valence electrons. The second kappa shape index (κ2) is 8.50. The summed E-state index contributed by atoms with van der Waals surface area (Å²) in [5.74, 6) is -2.09. The fourth-order valence-corrected chi connectivity index (χ4v) is 3.98. The highest BCUT2D eigenvalue weighted by Gasteiger charge is 2.40. The smallest absolute Gasteiger partial charge is 0.406 e. The molecule has 1 heterocycles. The predicted molar refractivity (Wildman–Crippen MR) is 98.3 cm³/mol. The molecule has 1 saturated carbocycles. The molecule has 1 fully saturated rings. The van der Waals surface area contributed by atoms with Crippen LogP contribution in [0.15, 0.2) is 0 Å². The Balaban J connectivity index is 2.10. The van der Waals surface area contributed by atoms with Crippen molar-refractivity contribution in [1.82, 2.24) is 4.90 Å². The molecule has 1 N–H and O–H groups in total. The molecule has 1 aliphatic carbocycles. The van der Waals surface area contributed by atoms with Crippen molar-refractivity contribution in [1.29, 1.82) is 0 Å². The van der Waals surface area contributed by atoms with Crippen LogP contribution in [0, 0.1) is 19.8 Å². The number of anilines is 1. The molecule has 0 spiro atoms. The van der Waals surface area contributed by atoms with E-state index < -0.39 is 37.2 Å². The molecule has 28 heavy (non-hydrogen) atoms. The lowest BCUT2D eigenvalue weighted by molar-refractivity contribution is -0.167. The second-order valence-corrected chi connectivity index (χ2v) is 8.18. The molecule has 1 aliphatic rings. The Morgan fingerprint density at radius 2 is 1.89 bits per heavy atom. The van der Waals surface area contributed by atoms with Gasteiger partial charge in [-0.05, 0) is 45.1 Å². The Labute approximate surface area is 165 Å². The van der Waals surface area contributed by atoms with Crippen LogP contribution in [0.5, 0.6) is 0 Å². The number of ether oxygens (including phenoxy) is 1. The van der Waals surface area contributed by atoms with Crippen molar-refractivity contribution >= 4 is 34.1 Å². The number of esters is 1. The Kier molecular flexibility index (Phi) is 6.74. The number of carbonyl (C=O) groups excluding carboxylic acids is 3. The van der Waals surface area contributed by atoms with E-state index in [1.165, 1.54) is 18.3 Å². The summed E-state index contributed by atoms with van der Waals surface area (Å²) >= 11 is 1.19. The number of rotatable bonds is 7. The van der Waals surface area contributed by atoms with Crippen molar-refractivity contribution in [2.45, 2.75) is 52.8 Å². The topological polar surface area (TPSA) is 75.7 Å². The summed E-state index contributed by atoms with van der Waals surface area (Å²) in [6.45, 7) is 4.12. The summed E-state index contributed by atoms with van der Waals surface area (Å²) in [6.07, 6.45) is -2.99. The molecule has 0 saturated heterocycles. The average Bonchev–Trinajstić information content (AvgIpc) is 3.36. The van der Waals surface area contributed by atoms with Crippen LogP contribution in [0.4, 0.5) is 18.2 Å². The van der Waals surface area contributed by atoms with Crippen LogP contribution < -0.4 is 5.32 Å². The van der Waals surface area contributed by atoms with Gasteiger partial charge in [0.15, 0.2) is 6.61 Å². The molecule has 2 amide bonds. The molecule has 0 aromatic carbocycles. The van der Waals surface area contributed by atoms with E-state index in [9.17, 15) is 27.6 Å². The minimum Gasteiger partial charge on any atom is -0.452 e. The van der Waals surface area contributed by atoms with Crippen LogP contribution in [0.1, 0.15) is 47.5 Å². The monoisotopic (exact) mass is 420 g/mol. The number of alkyl halides is 3. The van der Waals surface area contributed by atoms with Gasteiger partial charge in [0.05, 0.1) is 5.56 Å². The number of carbonyl (C=O) groups is 3. The number of nitrogens with zero attached hydrogens (tertiary/aromatic N) is 1. The minimum atomic E-state index is -4.54. The molecule has 6 nitrogen and oxygen atoms in total. The molecule has 10 heteroatoms. The zero-order chi connectivity index (χ0) is 21.2. The molecule has 0 unspecified atom stereocenters. The van der Waals surface area contributed by atoms with Gasteiger partial charge in [-0.15, -0.1) is 11.3 Å². The summed E-state index contributed by atoms with van der Waals surface area (Å²) in [5, 5.41) is 2.82. The predicted octanol–water partition coefficient (Wildman–Crippen LogP) is 3.67. The highest BCUT2D eigenvalue weighted by molar-refractivity contribution is 7.16. The van der Waals surface area contributed by atoms with Gasteiger partial charge in [0.2, 0.25) is 5.91 Å². The first-order chi connectivity index (χ1) is 12.9. The maximum Gasteiger partial charge on any atom is 0.406 e. The first-order valence-corrected chi connectivity index (χ1v) is 9.63. The molecule has 0 radical (unpaired) electrons. The number of aryl methyl sites for hydroxylation is 1. The van der Waals surface area contributed by atoms with E-state index in [-0.39, 0.29) is 17.4 Å². The minimum absolute atomic E-state index is 0.0372. The quantitative estimate of drug-likeness (QED) is 0.683. The van der Waals surface area contributed by atoms with E-state index in [2.05, 4.69) is 5.32 Å². The molecule has 1 aromatic heterocycles. The Morgan fingerprint density at radius 3 is 2.39 bits per heavy atom. The van der Waals surface area contributed by atoms with Gasteiger partial charge in [-0.2, -0.15) is 13.2 Å². The van der Waals surface area contributed by atoms with Crippen molar-refractivity contribution < 1.29 is 32.3 Å². The van der Waals surface area contributed by atoms with Crippen LogP contribution >= 0.6 is 11.3 Å². The summed E-state index contributed by atoms with van der Waals surface area (Å²) in [6, 6.07) is -0.576. The standard InChI is InChI=1S/C18H23F3N2O4S/c1-9-11(3)28-16(22-12(4)24)15(9)17(26)27-7-14(25)23(8-18(19,20)21)10(2)13-5-6-13/h10,13H,5-8H2,1-4H3,(H,22,24)/t10-/m1/s1. The number of hydrogen-bond donors (Lipinski definition) is 1. The molecule has 0 aliphatic heterocycles. The lowest BCUT2D eigenvalue weighted by Gasteiger charge is -2.30. The lowest BCUT2D eigenvalue weighted by Crippen LogP contribution is -2.47. The summed E-state index contributed by atoms with van der Waals surface area (Å²) in [5.41, 5.74) is 0.702. The number of amides is 2. The van der Waals surface area contributed by atoms with Gasteiger partial charge in [0, 0.05) is 17.8 Å². The number of thiophene rings is 1. The third-order valence-corrected chi connectivity index (χ3v) is 5.79. The van der Waals surface area contributed by atoms with Crippen LogP contribution in [-0.4, -0.2) is 48.1 Å². The molecular formula is C18H23F3N2O4S. The number of halogens is 3. The third kappa shape index (κ3) is 5.70. The SMILES string of the molecule is CC(=O)Nc1sc(C)c(C)c1C(=O)OCC(=O)N(CC(F)(F)F)[C@H](C)C1CC1. The Bertz CT molecular complexity index is 772. The van der Waals surface area contributed by atoms with Gasteiger partial charge < -0.3 is 15.0 Å². The number of hydrogen-bond acceptors (Lipinski definition) is 5. The van der Waals surface area contributed by atoms with Gasteiger partial charge in [0.1, 0.15) is 11.5 Å². The van der Waals surface area contributed by atoms with Gasteiger partial charge in [-0.1, -0.05) is 0 Å². The molecule has 1 aromatic rings. The average molecular weight is 420 g/mol. The highest BCUT2D eigenvalue weighted by Crippen LogP contribution is 2.36.